The Balaban J connectivity index is 1.52. The van der Waals surface area contributed by atoms with E-state index in [4.69, 9.17) is 16.6 Å². The molecule has 0 saturated carbocycles. The van der Waals surface area contributed by atoms with Gasteiger partial charge < -0.3 is 10.4 Å². The summed E-state index contributed by atoms with van der Waals surface area (Å²) in [7, 11) is -3.50. The van der Waals surface area contributed by atoms with Gasteiger partial charge in [0, 0.05) is 29.7 Å². The molecule has 0 saturated heterocycles. The monoisotopic (exact) mass is 536 g/mol. The molecule has 0 fully saturated rings. The summed E-state index contributed by atoms with van der Waals surface area (Å²) in [6, 6.07) is 22.0. The standard InChI is InChI=1S/C28H25ClN2O5S/c1-17(19-6-4-3-5-7-19)24-13-9-20-14-18(8-12-25(20)30-24)15-26(28(33)34)31-27(32)22-11-10-21(16-23(22)29)37(2,35)36/h3-14,16-17,26H,15H2,1-2H3,(H,31,32)(H,33,34). The van der Waals surface area contributed by atoms with Crippen LogP contribution in [0.25, 0.3) is 10.9 Å². The number of halogens is 1. The molecule has 3 aromatic carbocycles. The van der Waals surface area contributed by atoms with Crippen LogP contribution in [0, 0.1) is 0 Å². The van der Waals surface area contributed by atoms with Gasteiger partial charge in [-0.25, -0.2) is 13.2 Å². The van der Waals surface area contributed by atoms with Crippen molar-refractivity contribution >= 4 is 44.2 Å². The molecule has 1 aromatic heterocycles. The Morgan fingerprint density at radius 2 is 1.73 bits per heavy atom. The van der Waals surface area contributed by atoms with E-state index in [1.165, 1.54) is 18.2 Å². The van der Waals surface area contributed by atoms with Gasteiger partial charge in [0.05, 0.1) is 21.0 Å². The number of carbonyl (C=O) groups excluding carboxylic acids is 1. The molecule has 190 valence electrons. The highest BCUT2D eigenvalue weighted by atomic mass is 35.5. The lowest BCUT2D eigenvalue weighted by molar-refractivity contribution is -0.139. The SMILES string of the molecule is CC(c1ccccc1)c1ccc2cc(CC(NC(=O)c3ccc(S(C)(=O)=O)cc3Cl)C(=O)O)ccc2n1. The Bertz CT molecular complexity index is 1590. The molecule has 7 nitrogen and oxygen atoms in total. The van der Waals surface area contributed by atoms with Gasteiger partial charge in [-0.3, -0.25) is 9.78 Å². The zero-order chi connectivity index (χ0) is 26.7. The van der Waals surface area contributed by atoms with Crippen LogP contribution in [0.4, 0.5) is 0 Å². The third-order valence-corrected chi connectivity index (χ3v) is 7.60. The minimum atomic E-state index is -3.50. The summed E-state index contributed by atoms with van der Waals surface area (Å²) in [5, 5.41) is 13.0. The Hall–Kier alpha value is -3.75. The summed E-state index contributed by atoms with van der Waals surface area (Å²) in [5.74, 6) is -1.79. The van der Waals surface area contributed by atoms with Crippen molar-refractivity contribution in [2.24, 2.45) is 0 Å². The number of amides is 1. The third kappa shape index (κ3) is 6.15. The molecule has 0 aliphatic heterocycles. The van der Waals surface area contributed by atoms with Crippen molar-refractivity contribution < 1.29 is 23.1 Å². The van der Waals surface area contributed by atoms with E-state index in [-0.39, 0.29) is 27.8 Å². The number of carboxylic acid groups (broad SMARTS) is 1. The largest absolute Gasteiger partial charge is 0.480 e. The number of carbonyl (C=O) groups is 2. The van der Waals surface area contributed by atoms with Crippen molar-refractivity contribution in [3.63, 3.8) is 0 Å². The van der Waals surface area contributed by atoms with Gasteiger partial charge in [-0.05, 0) is 47.5 Å². The Labute approximate surface area is 220 Å². The van der Waals surface area contributed by atoms with Crippen LogP contribution in [0.3, 0.4) is 0 Å². The lowest BCUT2D eigenvalue weighted by Crippen LogP contribution is -2.42. The maximum Gasteiger partial charge on any atom is 0.326 e. The van der Waals surface area contributed by atoms with Crippen molar-refractivity contribution in [2.45, 2.75) is 30.2 Å². The van der Waals surface area contributed by atoms with Gasteiger partial charge in [0.1, 0.15) is 6.04 Å². The highest BCUT2D eigenvalue weighted by molar-refractivity contribution is 7.90. The molecule has 1 amide bonds. The molecule has 2 atom stereocenters. The molecule has 0 aliphatic carbocycles. The lowest BCUT2D eigenvalue weighted by atomic mass is 9.96. The zero-order valence-electron chi connectivity index (χ0n) is 20.2. The molecule has 0 radical (unpaired) electrons. The first kappa shape index (κ1) is 26.3. The molecule has 1 heterocycles. The number of aromatic nitrogens is 1. The number of aliphatic carboxylic acids is 1. The van der Waals surface area contributed by atoms with E-state index in [1.54, 1.807) is 6.07 Å². The Kier molecular flexibility index (Phi) is 7.61. The molecule has 2 unspecified atom stereocenters. The minimum Gasteiger partial charge on any atom is -0.480 e. The number of benzene rings is 3. The van der Waals surface area contributed by atoms with Crippen LogP contribution in [0.5, 0.6) is 0 Å². The van der Waals surface area contributed by atoms with Crippen LogP contribution in [-0.4, -0.2) is 42.7 Å². The molecule has 4 aromatic rings. The lowest BCUT2D eigenvalue weighted by Gasteiger charge is -2.16. The molecule has 0 bridgehead atoms. The van der Waals surface area contributed by atoms with E-state index >= 15 is 0 Å². The van der Waals surface area contributed by atoms with Crippen LogP contribution >= 0.6 is 11.6 Å². The second kappa shape index (κ2) is 10.7. The number of nitrogens with zero attached hydrogens (tertiary/aromatic N) is 1. The Morgan fingerprint density at radius 1 is 1.00 bits per heavy atom. The minimum absolute atomic E-state index is 0.0110. The predicted octanol–water partition coefficient (Wildman–Crippen LogP) is 4.87. The molecule has 37 heavy (non-hydrogen) atoms. The number of sulfone groups is 1. The number of hydrogen-bond donors (Lipinski definition) is 2. The number of pyridine rings is 1. The van der Waals surface area contributed by atoms with Gasteiger partial charge in [0.15, 0.2) is 9.84 Å². The summed E-state index contributed by atoms with van der Waals surface area (Å²) in [4.78, 5) is 29.4. The van der Waals surface area contributed by atoms with Gasteiger partial charge in [0.25, 0.3) is 5.91 Å². The molecule has 0 aliphatic rings. The third-order valence-electron chi connectivity index (χ3n) is 6.17. The van der Waals surface area contributed by atoms with Crippen molar-refractivity contribution in [3.05, 3.63) is 106 Å². The second-order valence-electron chi connectivity index (χ2n) is 8.88. The number of rotatable bonds is 8. The summed E-state index contributed by atoms with van der Waals surface area (Å²) in [6.45, 7) is 2.10. The quantitative estimate of drug-likeness (QED) is 0.332. The average Bonchev–Trinajstić information content (AvgIpc) is 2.87. The fourth-order valence-electron chi connectivity index (χ4n) is 4.05. The summed E-state index contributed by atoms with van der Waals surface area (Å²) < 4.78 is 23.4. The van der Waals surface area contributed by atoms with E-state index in [1.807, 2.05) is 42.5 Å². The van der Waals surface area contributed by atoms with Gasteiger partial charge >= 0.3 is 5.97 Å². The molecular formula is C28H25ClN2O5S. The van der Waals surface area contributed by atoms with Gasteiger partial charge in [-0.2, -0.15) is 0 Å². The molecular weight excluding hydrogens is 512 g/mol. The average molecular weight is 537 g/mol. The first-order valence-corrected chi connectivity index (χ1v) is 13.8. The van der Waals surface area contributed by atoms with Crippen LogP contribution in [0.1, 0.15) is 40.0 Å². The van der Waals surface area contributed by atoms with E-state index < -0.39 is 27.8 Å². The first-order chi connectivity index (χ1) is 17.5. The van der Waals surface area contributed by atoms with Crippen molar-refractivity contribution in [1.82, 2.24) is 10.3 Å². The zero-order valence-corrected chi connectivity index (χ0v) is 21.8. The number of fused-ring (bicyclic) bond motifs is 1. The number of carboxylic acids is 1. The fraction of sp³-hybridized carbons (Fsp3) is 0.179. The summed E-state index contributed by atoms with van der Waals surface area (Å²) >= 11 is 6.11. The van der Waals surface area contributed by atoms with Crippen molar-refractivity contribution in [2.75, 3.05) is 6.26 Å². The normalized spacial score (nSPS) is 13.2. The van der Waals surface area contributed by atoms with Gasteiger partial charge in [-0.15, -0.1) is 0 Å². The first-order valence-electron chi connectivity index (χ1n) is 11.5. The van der Waals surface area contributed by atoms with E-state index in [2.05, 4.69) is 24.4 Å². The maximum atomic E-state index is 12.7. The maximum absolute atomic E-state index is 12.7. The molecule has 2 N–H and O–H groups in total. The van der Waals surface area contributed by atoms with E-state index in [0.29, 0.717) is 5.56 Å². The molecule has 4 rings (SSSR count). The summed E-state index contributed by atoms with van der Waals surface area (Å²) in [5.41, 5.74) is 3.59. The molecule has 9 heteroatoms. The van der Waals surface area contributed by atoms with E-state index in [0.717, 1.165) is 28.4 Å². The van der Waals surface area contributed by atoms with E-state index in [9.17, 15) is 23.1 Å². The predicted molar refractivity (Wildman–Crippen MR) is 143 cm³/mol. The van der Waals surface area contributed by atoms with Gasteiger partial charge in [0.2, 0.25) is 0 Å². The van der Waals surface area contributed by atoms with Crippen LogP contribution in [0.15, 0.2) is 83.8 Å². The summed E-state index contributed by atoms with van der Waals surface area (Å²) in [6.07, 6.45) is 1.07. The highest BCUT2D eigenvalue weighted by Gasteiger charge is 2.23. The van der Waals surface area contributed by atoms with Crippen molar-refractivity contribution in [1.29, 1.82) is 0 Å². The smallest absolute Gasteiger partial charge is 0.326 e. The fourth-order valence-corrected chi connectivity index (χ4v) is 5.03. The topological polar surface area (TPSA) is 113 Å². The van der Waals surface area contributed by atoms with Crippen LogP contribution < -0.4 is 5.32 Å². The van der Waals surface area contributed by atoms with Crippen molar-refractivity contribution in [3.8, 4) is 0 Å². The number of nitrogens with one attached hydrogen (secondary N) is 1. The Morgan fingerprint density at radius 3 is 2.38 bits per heavy atom. The second-order valence-corrected chi connectivity index (χ2v) is 11.3. The molecule has 0 spiro atoms. The van der Waals surface area contributed by atoms with Crippen LogP contribution in [0.2, 0.25) is 5.02 Å². The van der Waals surface area contributed by atoms with Crippen LogP contribution in [-0.2, 0) is 21.1 Å². The highest BCUT2D eigenvalue weighted by Crippen LogP contribution is 2.25. The van der Waals surface area contributed by atoms with Gasteiger partial charge in [-0.1, -0.05) is 61.0 Å². The number of hydrogen-bond acceptors (Lipinski definition) is 5.